The molecular formula is C120H144O20. The third kappa shape index (κ3) is 16.9. The average molecular weight is 1910 g/mol. The standard InChI is InChI=1S/C120H144O20/c1-11-117(83-39-69-40-84(117)60-113(5,55-69)59-83)137-35-31-133-109(127)77-23-15-73(16-24-77)105-92-50-94(100(124)48-82(92)68-122)107(75-19-27-79(28-20-75)111(129)135-33-37-139-119(13-3)87-43-71-44-88(119)64-115(7,57-71)63-87)98-52-96(102(126)54-104(98)132-10)108(76-21-29-80(30-22-76)112(130)136-34-38-140-120(14-4)89-45-72-46-90(120)66-116(8,58-72)65-89)97-51-95(101(125)53-103(97)131-9)106(91-49-93(105)99(123)47-81(91)67-121)74-17-25-78(26-18-74)110(128)134-32-36-138-118(12-2)85-41-70-42-86(118)62-114(6,56-70)61-85/h15-30,47-54,69-72,83-90,105-108,121-126H,11-14,31-46,55-68H2,1-10H3. The van der Waals surface area contributed by atoms with Crippen LogP contribution in [0.3, 0.4) is 0 Å². The van der Waals surface area contributed by atoms with Crippen LogP contribution in [-0.4, -0.2) is 144 Å². The molecule has 12 atom stereocenters. The number of esters is 4. The van der Waals surface area contributed by atoms with Crippen molar-refractivity contribution >= 4 is 23.9 Å². The van der Waals surface area contributed by atoms with E-state index in [1.165, 1.54) is 89.9 Å². The molecule has 0 heterocycles. The number of aliphatic hydroxyl groups is 2. The second-order valence-electron chi connectivity index (χ2n) is 46.9. The smallest absolute Gasteiger partial charge is 0.338 e. The van der Waals surface area contributed by atoms with Crippen LogP contribution in [0.5, 0.6) is 34.5 Å². The van der Waals surface area contributed by atoms with E-state index in [9.17, 15) is 49.8 Å². The number of aromatic hydroxyl groups is 4. The Morgan fingerprint density at radius 3 is 0.686 bits per heavy atom. The van der Waals surface area contributed by atoms with Crippen LogP contribution in [-0.2, 0) is 51.1 Å². The van der Waals surface area contributed by atoms with Crippen molar-refractivity contribution < 1.29 is 97.2 Å². The lowest BCUT2D eigenvalue weighted by Gasteiger charge is -2.64. The Labute approximate surface area is 825 Å². The minimum atomic E-state index is -1.12. The number of rotatable bonds is 32. The fourth-order valence-electron chi connectivity index (χ4n) is 33.7. The minimum Gasteiger partial charge on any atom is -0.508 e. The predicted molar refractivity (Wildman–Crippen MR) is 531 cm³/mol. The topological polar surface area (TPSA) is 282 Å². The average Bonchev–Trinajstić information content (AvgIpc) is 0.722. The fraction of sp³-hybridized carbons (Fsp3) is 0.567. The van der Waals surface area contributed by atoms with Gasteiger partial charge >= 0.3 is 23.9 Å². The Morgan fingerprint density at radius 1 is 0.279 bits per heavy atom. The first-order chi connectivity index (χ1) is 67.4. The van der Waals surface area contributed by atoms with Crippen molar-refractivity contribution in [1.82, 2.24) is 0 Å². The van der Waals surface area contributed by atoms with Gasteiger partial charge < -0.3 is 78.0 Å². The van der Waals surface area contributed by atoms with Gasteiger partial charge in [0, 0.05) is 69.2 Å². The van der Waals surface area contributed by atoms with Gasteiger partial charge in [0.1, 0.15) is 60.9 Å². The molecule has 24 bridgehead atoms. The lowest BCUT2D eigenvalue weighted by atomic mass is 9.44. The summed E-state index contributed by atoms with van der Waals surface area (Å²) < 4.78 is 65.2. The van der Waals surface area contributed by atoms with Crippen LogP contribution in [0.4, 0.5) is 0 Å². The summed E-state index contributed by atoms with van der Waals surface area (Å²) in [4.78, 5) is 58.3. The predicted octanol–water partition coefficient (Wildman–Crippen LogP) is 23.2. The normalized spacial score (nSPS) is 34.0. The van der Waals surface area contributed by atoms with Gasteiger partial charge in [-0.3, -0.25) is 0 Å². The third-order valence-electron chi connectivity index (χ3n) is 38.6. The molecule has 16 saturated carbocycles. The second-order valence-corrected chi connectivity index (χ2v) is 46.9. The molecule has 0 aliphatic heterocycles. The SMILES string of the molecule is CCC1(OCCOC(=O)c2ccc(C3c4cc(c(OC)cc4O)C(c4ccc(C(=O)OCCOC5(CC)C6CC7CC5CC(C)(C7)C6)cc4)c4cc(c(OC)cc4O)C(c4ccc(C(=O)OCCOC5(CC)C6CC7CC5CC(C)(C7)C6)cc4)c4cc(c(CO)cc4O)C(c4ccc(C(=O)OCCOC5(CC)C6CC7CC5CC(C)(C7)C6)cc4)c4cc3c(CO)cc4O)cc2)C2CC3CC1CC(C)(C3)C2. The molecule has 8 aromatic carbocycles. The first kappa shape index (κ1) is 96.3. The zero-order valence-corrected chi connectivity index (χ0v) is 83.5. The quantitative estimate of drug-likeness (QED) is 0.0130. The molecule has 8 aromatic rings. The van der Waals surface area contributed by atoms with Crippen LogP contribution in [0.15, 0.2) is 146 Å². The molecule has 0 amide bonds. The number of phenols is 4. The first-order valence-corrected chi connectivity index (χ1v) is 52.8. The largest absolute Gasteiger partial charge is 0.508 e. The summed E-state index contributed by atoms with van der Waals surface area (Å²) >= 11 is 0. The van der Waals surface area contributed by atoms with Crippen molar-refractivity contribution in [3.05, 3.63) is 246 Å². The summed E-state index contributed by atoms with van der Waals surface area (Å²) in [5.74, 6) is -0.864. The van der Waals surface area contributed by atoms with Gasteiger partial charge in [0.2, 0.25) is 0 Å². The van der Waals surface area contributed by atoms with Crippen LogP contribution >= 0.6 is 0 Å². The van der Waals surface area contributed by atoms with E-state index >= 15 is 0 Å². The van der Waals surface area contributed by atoms with Crippen molar-refractivity contribution in [3.8, 4) is 34.5 Å². The molecule has 20 nitrogen and oxygen atoms in total. The van der Waals surface area contributed by atoms with Crippen molar-refractivity contribution in [3.63, 3.8) is 0 Å². The maximum Gasteiger partial charge on any atom is 0.338 e. The van der Waals surface area contributed by atoms with Gasteiger partial charge in [0.25, 0.3) is 0 Å². The molecule has 17 aliphatic carbocycles. The van der Waals surface area contributed by atoms with Gasteiger partial charge in [-0.25, -0.2) is 19.2 Å². The van der Waals surface area contributed by atoms with E-state index in [-0.39, 0.29) is 165 Å². The number of fused-ring (bicyclic) bond motifs is 8. The van der Waals surface area contributed by atoms with Gasteiger partial charge in [-0.05, 0) is 376 Å². The zero-order valence-electron chi connectivity index (χ0n) is 83.5. The highest BCUT2D eigenvalue weighted by Crippen LogP contribution is 2.70. The minimum absolute atomic E-state index is 0.0313. The first-order valence-electron chi connectivity index (χ1n) is 52.8. The monoisotopic (exact) mass is 1910 g/mol. The number of ether oxygens (including phenoxy) is 10. The Hall–Kier alpha value is -9.80. The van der Waals surface area contributed by atoms with Gasteiger partial charge in [-0.15, -0.1) is 0 Å². The van der Waals surface area contributed by atoms with E-state index in [1.807, 2.05) is 6.07 Å². The summed E-state index contributed by atoms with van der Waals surface area (Å²) in [5.41, 5.74) is 6.36. The molecule has 6 N–H and O–H groups in total. The molecule has 17 aliphatic rings. The second kappa shape index (κ2) is 37.4. The van der Waals surface area contributed by atoms with E-state index < -0.39 is 60.8 Å². The number of aliphatic hydroxyl groups excluding tert-OH is 2. The summed E-state index contributed by atoms with van der Waals surface area (Å²) in [6.07, 6.45) is 27.2. The zero-order chi connectivity index (χ0) is 97.5. The summed E-state index contributed by atoms with van der Waals surface area (Å²) in [6, 6.07) is 40.9. The number of hydrogen-bond acceptors (Lipinski definition) is 20. The summed E-state index contributed by atoms with van der Waals surface area (Å²) in [7, 11) is 2.97. The Bertz CT molecular complexity index is 5200. The van der Waals surface area contributed by atoms with Crippen molar-refractivity contribution in [1.29, 1.82) is 0 Å². The Morgan fingerprint density at radius 2 is 0.486 bits per heavy atom. The molecule has 20 heteroatoms. The lowest BCUT2D eigenvalue weighted by molar-refractivity contribution is -0.227. The maximum atomic E-state index is 14.6. The van der Waals surface area contributed by atoms with Gasteiger partial charge in [-0.1, -0.05) is 104 Å². The van der Waals surface area contributed by atoms with E-state index in [2.05, 4.69) is 55.4 Å². The molecule has 12 unspecified atom stereocenters. The van der Waals surface area contributed by atoms with E-state index in [0.717, 1.165) is 126 Å². The van der Waals surface area contributed by atoms with E-state index in [1.54, 1.807) is 115 Å². The van der Waals surface area contributed by atoms with Crippen molar-refractivity contribution in [2.45, 2.75) is 269 Å². The van der Waals surface area contributed by atoms with Crippen LogP contribution in [0.2, 0.25) is 0 Å². The van der Waals surface area contributed by atoms with Crippen LogP contribution in [0.25, 0.3) is 0 Å². The number of benzene rings is 8. The Kier molecular flexibility index (Phi) is 25.8. The number of carbonyl (C=O) groups is 4. The molecule has 0 aromatic heterocycles. The molecule has 16 fully saturated rings. The van der Waals surface area contributed by atoms with Gasteiger partial charge in [0.05, 0.1) is 98.5 Å². The number of carbonyl (C=O) groups excluding carboxylic acids is 4. The molecule has 140 heavy (non-hydrogen) atoms. The van der Waals surface area contributed by atoms with E-state index in [0.29, 0.717) is 114 Å². The van der Waals surface area contributed by atoms with Crippen molar-refractivity contribution in [2.24, 2.45) is 92.7 Å². The molecule has 0 saturated heterocycles. The maximum absolute atomic E-state index is 14.6. The highest BCUT2D eigenvalue weighted by molar-refractivity contribution is 5.91. The molecule has 25 rings (SSSR count). The van der Waals surface area contributed by atoms with Gasteiger partial charge in [0.15, 0.2) is 0 Å². The highest BCUT2D eigenvalue weighted by Gasteiger charge is 2.65. The van der Waals surface area contributed by atoms with Gasteiger partial charge in [-0.2, -0.15) is 0 Å². The molecule has 0 spiro atoms. The number of phenolic OH excluding ortho intramolecular Hbond substituents is 4. The van der Waals surface area contributed by atoms with Crippen LogP contribution in [0.1, 0.15) is 352 Å². The highest BCUT2D eigenvalue weighted by atomic mass is 16.6. The van der Waals surface area contributed by atoms with Crippen LogP contribution < -0.4 is 9.47 Å². The number of methoxy groups -OCH3 is 2. The van der Waals surface area contributed by atoms with Crippen molar-refractivity contribution in [2.75, 3.05) is 67.1 Å². The number of hydrogen-bond donors (Lipinski definition) is 6. The fourth-order valence-corrected chi connectivity index (χ4v) is 33.7. The Balaban J connectivity index is 0.674. The van der Waals surface area contributed by atoms with Crippen LogP contribution in [0, 0.1) is 92.7 Å². The molecule has 744 valence electrons. The van der Waals surface area contributed by atoms with E-state index in [4.69, 9.17) is 47.4 Å². The summed E-state index contributed by atoms with van der Waals surface area (Å²) in [6.45, 7) is 18.5. The molecule has 0 radical (unpaired) electrons. The third-order valence-corrected chi connectivity index (χ3v) is 38.6. The lowest BCUT2D eigenvalue weighted by Crippen LogP contribution is -2.61. The molecular weight excluding hydrogens is 1760 g/mol. The summed E-state index contributed by atoms with van der Waals surface area (Å²) in [5, 5.41) is 77.5.